The smallest absolute Gasteiger partial charge is 0.330 e. The molecule has 2 aromatic rings. The summed E-state index contributed by atoms with van der Waals surface area (Å²) in [6.45, 7) is 0. The minimum Gasteiger partial charge on any atom is -0.497 e. The third kappa shape index (κ3) is 4.05. The second kappa shape index (κ2) is 7.95. The van der Waals surface area contributed by atoms with Gasteiger partial charge in [-0.25, -0.2) is 13.2 Å². The first-order valence-corrected chi connectivity index (χ1v) is 9.48. The molecule has 0 fully saturated rings. The second-order valence-corrected chi connectivity index (χ2v) is 7.99. The van der Waals surface area contributed by atoms with Gasteiger partial charge in [0.25, 0.3) is 0 Å². The minimum absolute atomic E-state index is 0.212. The number of esters is 1. The van der Waals surface area contributed by atoms with Crippen LogP contribution in [0.2, 0.25) is 0 Å². The third-order valence-corrected chi connectivity index (χ3v) is 6.16. The van der Waals surface area contributed by atoms with E-state index in [1.165, 1.54) is 31.4 Å². The summed E-state index contributed by atoms with van der Waals surface area (Å²) in [4.78, 5) is 12.1. The van der Waals surface area contributed by atoms with Crippen molar-refractivity contribution in [2.75, 3.05) is 20.0 Å². The van der Waals surface area contributed by atoms with Gasteiger partial charge in [0.05, 0.1) is 19.1 Å². The minimum atomic E-state index is -4.38. The monoisotopic (exact) mass is 394 g/mol. The van der Waals surface area contributed by atoms with Gasteiger partial charge in [0, 0.05) is 12.1 Å². The van der Waals surface area contributed by atoms with E-state index in [0.29, 0.717) is 17.0 Å². The lowest BCUT2D eigenvalue weighted by Crippen LogP contribution is -2.62. The normalized spacial score (nSPS) is 14.8. The number of methoxy groups -OCH3 is 2. The highest BCUT2D eigenvalue weighted by Crippen LogP contribution is 2.28. The van der Waals surface area contributed by atoms with Gasteiger partial charge < -0.3 is 26.0 Å². The number of para-hydroxylation sites is 1. The number of carbonyl (C=O) groups excluding carboxylic acids is 1. The molecule has 0 amide bonds. The standard InChI is InChI=1S/C18H22N2O6S/c1-25-13-7-9-14(10-8-13)27(23,24)17(22)18(20,16(21)26-2)11-12-5-3-4-6-15(12)19/h3-10,17,22H,11,19-20H2,1-2H3. The summed E-state index contributed by atoms with van der Waals surface area (Å²) in [7, 11) is -1.88. The Morgan fingerprint density at radius 2 is 1.74 bits per heavy atom. The Labute approximate surface area is 157 Å². The van der Waals surface area contributed by atoms with Crippen LogP contribution in [0.15, 0.2) is 53.4 Å². The number of aliphatic hydroxyl groups excluding tert-OH is 1. The molecular formula is C18H22N2O6S. The highest BCUT2D eigenvalue weighted by atomic mass is 32.2. The van der Waals surface area contributed by atoms with Crippen molar-refractivity contribution in [1.82, 2.24) is 0 Å². The molecule has 0 aliphatic heterocycles. The fraction of sp³-hybridized carbons (Fsp3) is 0.278. The maximum Gasteiger partial charge on any atom is 0.330 e. The maximum absolute atomic E-state index is 12.9. The van der Waals surface area contributed by atoms with Gasteiger partial charge in [-0.15, -0.1) is 0 Å². The van der Waals surface area contributed by atoms with E-state index in [1.54, 1.807) is 24.3 Å². The molecule has 27 heavy (non-hydrogen) atoms. The lowest BCUT2D eigenvalue weighted by molar-refractivity contribution is -0.149. The first-order valence-electron chi connectivity index (χ1n) is 7.93. The van der Waals surface area contributed by atoms with Crippen molar-refractivity contribution in [2.24, 2.45) is 5.73 Å². The molecular weight excluding hydrogens is 372 g/mol. The predicted octanol–water partition coefficient (Wildman–Crippen LogP) is 0.483. The summed E-state index contributed by atoms with van der Waals surface area (Å²) in [6.07, 6.45) is -0.330. The molecule has 0 radical (unpaired) electrons. The average molecular weight is 394 g/mol. The number of benzene rings is 2. The van der Waals surface area contributed by atoms with Crippen LogP contribution >= 0.6 is 0 Å². The van der Waals surface area contributed by atoms with Crippen LogP contribution in [0, 0.1) is 0 Å². The molecule has 146 valence electrons. The molecule has 2 rings (SSSR count). The molecule has 0 aliphatic carbocycles. The molecule has 2 unspecified atom stereocenters. The van der Waals surface area contributed by atoms with E-state index in [-0.39, 0.29) is 11.3 Å². The predicted molar refractivity (Wildman–Crippen MR) is 99.7 cm³/mol. The number of nitrogens with two attached hydrogens (primary N) is 2. The highest BCUT2D eigenvalue weighted by Gasteiger charge is 2.50. The number of sulfone groups is 1. The number of hydrogen-bond acceptors (Lipinski definition) is 8. The lowest BCUT2D eigenvalue weighted by Gasteiger charge is -2.31. The lowest BCUT2D eigenvalue weighted by atomic mass is 9.91. The van der Waals surface area contributed by atoms with Crippen LogP contribution in [0.1, 0.15) is 5.56 Å². The Kier molecular flexibility index (Phi) is 6.09. The van der Waals surface area contributed by atoms with Crippen molar-refractivity contribution in [3.63, 3.8) is 0 Å². The fourth-order valence-electron chi connectivity index (χ4n) is 2.63. The van der Waals surface area contributed by atoms with Crippen LogP contribution in [-0.2, 0) is 25.8 Å². The molecule has 2 atom stereocenters. The first-order chi connectivity index (χ1) is 12.7. The Morgan fingerprint density at radius 1 is 1.15 bits per heavy atom. The van der Waals surface area contributed by atoms with E-state index in [0.717, 1.165) is 7.11 Å². The highest BCUT2D eigenvalue weighted by molar-refractivity contribution is 7.92. The SMILES string of the molecule is COC(=O)C(N)(Cc1ccccc1N)C(O)S(=O)(=O)c1ccc(OC)cc1. The molecule has 5 N–H and O–H groups in total. The summed E-state index contributed by atoms with van der Waals surface area (Å²) in [5, 5.41) is 10.6. The zero-order valence-electron chi connectivity index (χ0n) is 15.0. The number of nitrogen functional groups attached to an aromatic ring is 1. The Morgan fingerprint density at radius 3 is 2.26 bits per heavy atom. The number of rotatable bonds is 7. The molecule has 8 nitrogen and oxygen atoms in total. The summed E-state index contributed by atoms with van der Waals surface area (Å²) >= 11 is 0. The Hall–Kier alpha value is -2.62. The van der Waals surface area contributed by atoms with E-state index in [1.807, 2.05) is 0 Å². The van der Waals surface area contributed by atoms with Gasteiger partial charge in [-0.1, -0.05) is 18.2 Å². The number of ether oxygens (including phenoxy) is 2. The molecule has 9 heteroatoms. The molecule has 0 spiro atoms. The van der Waals surface area contributed by atoms with Gasteiger partial charge in [0.1, 0.15) is 5.75 Å². The zero-order valence-corrected chi connectivity index (χ0v) is 15.8. The van der Waals surface area contributed by atoms with Crippen molar-refractivity contribution in [1.29, 1.82) is 0 Å². The number of anilines is 1. The van der Waals surface area contributed by atoms with Crippen LogP contribution in [-0.4, -0.2) is 44.7 Å². The van der Waals surface area contributed by atoms with Crippen LogP contribution in [0.3, 0.4) is 0 Å². The molecule has 2 aromatic carbocycles. The van der Waals surface area contributed by atoms with E-state index in [2.05, 4.69) is 4.74 Å². The van der Waals surface area contributed by atoms with Gasteiger partial charge in [-0.2, -0.15) is 0 Å². The Bertz CT molecular complexity index is 914. The second-order valence-electron chi connectivity index (χ2n) is 5.98. The van der Waals surface area contributed by atoms with Crippen LogP contribution in [0.4, 0.5) is 5.69 Å². The van der Waals surface area contributed by atoms with E-state index in [9.17, 15) is 18.3 Å². The van der Waals surface area contributed by atoms with Gasteiger partial charge in [-0.05, 0) is 35.9 Å². The van der Waals surface area contributed by atoms with Crippen molar-refractivity contribution < 1.29 is 27.8 Å². The van der Waals surface area contributed by atoms with Gasteiger partial charge in [0.2, 0.25) is 9.84 Å². The Balaban J connectivity index is 2.48. The van der Waals surface area contributed by atoms with Gasteiger partial charge in [0.15, 0.2) is 11.0 Å². The van der Waals surface area contributed by atoms with Crippen LogP contribution in [0.25, 0.3) is 0 Å². The molecule has 0 heterocycles. The van der Waals surface area contributed by atoms with Crippen molar-refractivity contribution in [2.45, 2.75) is 22.3 Å². The summed E-state index contributed by atoms with van der Waals surface area (Å²) in [6, 6.07) is 11.9. The molecule has 0 aliphatic rings. The zero-order chi connectivity index (χ0) is 20.2. The van der Waals surface area contributed by atoms with E-state index >= 15 is 0 Å². The van der Waals surface area contributed by atoms with E-state index in [4.69, 9.17) is 16.2 Å². The van der Waals surface area contributed by atoms with Crippen LogP contribution < -0.4 is 16.2 Å². The molecule has 0 saturated heterocycles. The summed E-state index contributed by atoms with van der Waals surface area (Å²) < 4.78 is 35.4. The maximum atomic E-state index is 12.9. The number of aliphatic hydroxyl groups is 1. The van der Waals surface area contributed by atoms with Crippen molar-refractivity contribution in [3.8, 4) is 5.75 Å². The molecule has 0 aromatic heterocycles. The third-order valence-electron chi connectivity index (χ3n) is 4.23. The fourth-order valence-corrected chi connectivity index (χ4v) is 4.14. The van der Waals surface area contributed by atoms with Gasteiger partial charge >= 0.3 is 5.97 Å². The number of hydrogen-bond donors (Lipinski definition) is 3. The van der Waals surface area contributed by atoms with E-state index < -0.39 is 26.8 Å². The van der Waals surface area contributed by atoms with Gasteiger partial charge in [-0.3, -0.25) is 0 Å². The first kappa shape index (κ1) is 20.7. The summed E-state index contributed by atoms with van der Waals surface area (Å²) in [5.74, 6) is -0.636. The quantitative estimate of drug-likeness (QED) is 0.455. The topological polar surface area (TPSA) is 142 Å². The molecule has 0 bridgehead atoms. The average Bonchev–Trinajstić information content (AvgIpc) is 2.68. The van der Waals surface area contributed by atoms with Crippen molar-refractivity contribution in [3.05, 3.63) is 54.1 Å². The number of carbonyl (C=O) groups is 1. The molecule has 0 saturated carbocycles. The van der Waals surface area contributed by atoms with Crippen molar-refractivity contribution >= 4 is 21.5 Å². The summed E-state index contributed by atoms with van der Waals surface area (Å²) in [5.41, 5.74) is 8.16. The largest absolute Gasteiger partial charge is 0.497 e. The van der Waals surface area contributed by atoms with Crippen LogP contribution in [0.5, 0.6) is 5.75 Å².